The number of guanidine groups is 1. The number of hydrogen-bond donors (Lipinski definition) is 2. The second-order valence-electron chi connectivity index (χ2n) is 4.87. The first-order chi connectivity index (χ1) is 10.7. The number of benzene rings is 1. The van der Waals surface area contributed by atoms with Gasteiger partial charge in [0.15, 0.2) is 5.96 Å². The van der Waals surface area contributed by atoms with Crippen molar-refractivity contribution in [3.8, 4) is 0 Å². The molecule has 124 valence electrons. The van der Waals surface area contributed by atoms with Gasteiger partial charge in [-0.25, -0.2) is 4.39 Å². The lowest BCUT2D eigenvalue weighted by atomic mass is 10.1. The number of rotatable bonds is 9. The molecule has 0 aliphatic carbocycles. The molecule has 22 heavy (non-hydrogen) atoms. The Morgan fingerprint density at radius 2 is 2.14 bits per heavy atom. The highest BCUT2D eigenvalue weighted by molar-refractivity contribution is 7.98. The molecule has 1 aromatic carbocycles. The van der Waals surface area contributed by atoms with Crippen LogP contribution in [-0.4, -0.2) is 37.6 Å². The fraction of sp³-hybridized carbons (Fsp3) is 0.562. The van der Waals surface area contributed by atoms with E-state index >= 15 is 0 Å². The SMILES string of the molecule is CCNC(=NCCCCSC)NCCc1ccc(F)cc1Cl. The lowest BCUT2D eigenvalue weighted by molar-refractivity contribution is 0.627. The van der Waals surface area contributed by atoms with Gasteiger partial charge in [-0.1, -0.05) is 17.7 Å². The van der Waals surface area contributed by atoms with E-state index in [1.165, 1.54) is 24.3 Å². The Morgan fingerprint density at radius 1 is 1.32 bits per heavy atom. The number of nitrogens with one attached hydrogen (secondary N) is 2. The van der Waals surface area contributed by atoms with Crippen LogP contribution in [0, 0.1) is 5.82 Å². The summed E-state index contributed by atoms with van der Waals surface area (Å²) in [5, 5.41) is 6.98. The molecule has 0 saturated carbocycles. The maximum atomic E-state index is 13.0. The summed E-state index contributed by atoms with van der Waals surface area (Å²) in [5.41, 5.74) is 0.936. The topological polar surface area (TPSA) is 36.4 Å². The zero-order valence-electron chi connectivity index (χ0n) is 13.3. The minimum absolute atomic E-state index is 0.304. The van der Waals surface area contributed by atoms with Gasteiger partial charge in [-0.15, -0.1) is 0 Å². The van der Waals surface area contributed by atoms with E-state index in [1.54, 1.807) is 6.07 Å². The number of halogens is 2. The van der Waals surface area contributed by atoms with E-state index < -0.39 is 0 Å². The average Bonchev–Trinajstić information content (AvgIpc) is 2.49. The molecule has 3 nitrogen and oxygen atoms in total. The van der Waals surface area contributed by atoms with E-state index in [4.69, 9.17) is 11.6 Å². The molecule has 0 spiro atoms. The zero-order valence-corrected chi connectivity index (χ0v) is 14.9. The van der Waals surface area contributed by atoms with Gasteiger partial charge in [0.05, 0.1) is 0 Å². The highest BCUT2D eigenvalue weighted by atomic mass is 35.5. The highest BCUT2D eigenvalue weighted by Gasteiger charge is 2.03. The Morgan fingerprint density at radius 3 is 2.82 bits per heavy atom. The second-order valence-corrected chi connectivity index (χ2v) is 6.27. The summed E-state index contributed by atoms with van der Waals surface area (Å²) in [5.74, 6) is 1.70. The normalized spacial score (nSPS) is 11.5. The van der Waals surface area contributed by atoms with Crippen molar-refractivity contribution in [1.82, 2.24) is 10.6 Å². The van der Waals surface area contributed by atoms with Gasteiger partial charge in [-0.3, -0.25) is 4.99 Å². The van der Waals surface area contributed by atoms with E-state index in [0.717, 1.165) is 37.5 Å². The molecule has 0 unspecified atom stereocenters. The van der Waals surface area contributed by atoms with Crippen molar-refractivity contribution in [2.75, 3.05) is 31.6 Å². The van der Waals surface area contributed by atoms with Crippen LogP contribution in [0.1, 0.15) is 25.3 Å². The van der Waals surface area contributed by atoms with Crippen LogP contribution < -0.4 is 10.6 Å². The van der Waals surface area contributed by atoms with E-state index in [2.05, 4.69) is 21.9 Å². The summed E-state index contributed by atoms with van der Waals surface area (Å²) in [6.45, 7) is 4.41. The molecule has 0 radical (unpaired) electrons. The molecule has 0 fully saturated rings. The van der Waals surface area contributed by atoms with Crippen LogP contribution in [0.25, 0.3) is 0 Å². The summed E-state index contributed by atoms with van der Waals surface area (Å²) in [6, 6.07) is 4.51. The van der Waals surface area contributed by atoms with Crippen LogP contribution in [0.4, 0.5) is 4.39 Å². The Balaban J connectivity index is 2.38. The molecule has 1 aromatic rings. The lowest BCUT2D eigenvalue weighted by Gasteiger charge is -2.12. The van der Waals surface area contributed by atoms with Crippen LogP contribution in [0.2, 0.25) is 5.02 Å². The van der Waals surface area contributed by atoms with Crippen LogP contribution in [-0.2, 0) is 6.42 Å². The number of aliphatic imine (C=N–C) groups is 1. The van der Waals surface area contributed by atoms with Crippen molar-refractivity contribution in [2.24, 2.45) is 4.99 Å². The molecule has 0 aliphatic rings. The maximum Gasteiger partial charge on any atom is 0.191 e. The Labute approximate surface area is 142 Å². The van der Waals surface area contributed by atoms with E-state index in [0.29, 0.717) is 11.6 Å². The van der Waals surface area contributed by atoms with Crippen molar-refractivity contribution in [2.45, 2.75) is 26.2 Å². The lowest BCUT2D eigenvalue weighted by Crippen LogP contribution is -2.38. The van der Waals surface area contributed by atoms with E-state index in [-0.39, 0.29) is 5.82 Å². The van der Waals surface area contributed by atoms with Crippen molar-refractivity contribution in [3.63, 3.8) is 0 Å². The Hall–Kier alpha value is -0.940. The van der Waals surface area contributed by atoms with Crippen LogP contribution in [0.15, 0.2) is 23.2 Å². The van der Waals surface area contributed by atoms with E-state index in [9.17, 15) is 4.39 Å². The smallest absolute Gasteiger partial charge is 0.191 e. The van der Waals surface area contributed by atoms with Crippen molar-refractivity contribution >= 4 is 29.3 Å². The molecular weight excluding hydrogens is 321 g/mol. The van der Waals surface area contributed by atoms with Gasteiger partial charge in [0.2, 0.25) is 0 Å². The zero-order chi connectivity index (χ0) is 16.2. The molecule has 0 aliphatic heterocycles. The highest BCUT2D eigenvalue weighted by Crippen LogP contribution is 2.17. The molecule has 0 bridgehead atoms. The third-order valence-corrected chi connectivity index (χ3v) is 4.12. The molecular formula is C16H25ClFN3S. The van der Waals surface area contributed by atoms with Gasteiger partial charge in [-0.05, 0) is 55.9 Å². The van der Waals surface area contributed by atoms with Crippen LogP contribution in [0.5, 0.6) is 0 Å². The van der Waals surface area contributed by atoms with Gasteiger partial charge in [0, 0.05) is 24.7 Å². The second kappa shape index (κ2) is 11.6. The summed E-state index contributed by atoms with van der Waals surface area (Å²) in [7, 11) is 0. The van der Waals surface area contributed by atoms with Gasteiger partial charge in [0.1, 0.15) is 5.82 Å². The first kappa shape index (κ1) is 19.1. The molecule has 6 heteroatoms. The molecule has 0 heterocycles. The molecule has 0 aromatic heterocycles. The quantitative estimate of drug-likeness (QED) is 0.407. The number of thioether (sulfide) groups is 1. The minimum Gasteiger partial charge on any atom is -0.357 e. The fourth-order valence-electron chi connectivity index (χ4n) is 1.93. The molecule has 0 atom stereocenters. The van der Waals surface area contributed by atoms with Gasteiger partial charge < -0.3 is 10.6 Å². The van der Waals surface area contributed by atoms with Crippen molar-refractivity contribution in [1.29, 1.82) is 0 Å². The van der Waals surface area contributed by atoms with Crippen molar-refractivity contribution in [3.05, 3.63) is 34.6 Å². The molecule has 2 N–H and O–H groups in total. The molecule has 0 saturated heterocycles. The third kappa shape index (κ3) is 7.90. The fourth-order valence-corrected chi connectivity index (χ4v) is 2.69. The third-order valence-electron chi connectivity index (χ3n) is 3.07. The monoisotopic (exact) mass is 345 g/mol. The number of unbranched alkanes of at least 4 members (excludes halogenated alkanes) is 1. The predicted octanol–water partition coefficient (Wildman–Crippen LogP) is 3.72. The maximum absolute atomic E-state index is 13.0. The van der Waals surface area contributed by atoms with Crippen molar-refractivity contribution < 1.29 is 4.39 Å². The first-order valence-electron chi connectivity index (χ1n) is 7.62. The minimum atomic E-state index is -0.304. The Kier molecular flexibility index (Phi) is 10.1. The summed E-state index contributed by atoms with van der Waals surface area (Å²) in [6.07, 6.45) is 5.14. The number of hydrogen-bond acceptors (Lipinski definition) is 2. The Bertz CT molecular complexity index is 469. The van der Waals surface area contributed by atoms with E-state index in [1.807, 2.05) is 18.7 Å². The molecule has 1 rings (SSSR count). The standard InChI is InChI=1S/C16H25ClFN3S/c1-3-19-16(20-9-4-5-11-22-2)21-10-8-13-6-7-14(18)12-15(13)17/h6-7,12H,3-5,8-11H2,1-2H3,(H2,19,20,21). The largest absolute Gasteiger partial charge is 0.357 e. The van der Waals surface area contributed by atoms with Crippen LogP contribution >= 0.6 is 23.4 Å². The number of nitrogens with zero attached hydrogens (tertiary/aromatic N) is 1. The first-order valence-corrected chi connectivity index (χ1v) is 9.39. The summed E-state index contributed by atoms with van der Waals surface area (Å²) in [4.78, 5) is 4.55. The molecule has 0 amide bonds. The summed E-state index contributed by atoms with van der Waals surface area (Å²) < 4.78 is 13.0. The van der Waals surface area contributed by atoms with Gasteiger partial charge in [-0.2, -0.15) is 11.8 Å². The van der Waals surface area contributed by atoms with Crippen LogP contribution in [0.3, 0.4) is 0 Å². The summed E-state index contributed by atoms with van der Waals surface area (Å²) >= 11 is 7.89. The van der Waals surface area contributed by atoms with Gasteiger partial charge >= 0.3 is 0 Å². The average molecular weight is 346 g/mol. The van der Waals surface area contributed by atoms with Gasteiger partial charge in [0.25, 0.3) is 0 Å². The predicted molar refractivity (Wildman–Crippen MR) is 96.7 cm³/mol.